The van der Waals surface area contributed by atoms with Gasteiger partial charge in [0.25, 0.3) is 0 Å². The molecule has 5 aliphatic rings. The molecule has 0 aromatic heterocycles. The minimum absolute atomic E-state index is 0.112. The zero-order chi connectivity index (χ0) is 30.9. The predicted molar refractivity (Wildman–Crippen MR) is 164 cm³/mol. The van der Waals surface area contributed by atoms with E-state index in [4.69, 9.17) is 18.8 Å². The van der Waals surface area contributed by atoms with Gasteiger partial charge in [-0.2, -0.15) is 0 Å². The summed E-state index contributed by atoms with van der Waals surface area (Å²) in [6.45, 7) is 17.8. The summed E-state index contributed by atoms with van der Waals surface area (Å²) in [7, 11) is 1.66. The number of carbonyl (C=O) groups is 2. The smallest absolute Gasteiger partial charge is 0.444 e. The van der Waals surface area contributed by atoms with E-state index < -0.39 is 23.9 Å². The number of fused-ring (bicyclic) bond motifs is 3. The summed E-state index contributed by atoms with van der Waals surface area (Å²) in [6, 6.07) is 4.94. The van der Waals surface area contributed by atoms with E-state index in [0.29, 0.717) is 44.9 Å². The fourth-order valence-corrected chi connectivity index (χ4v) is 7.17. The number of likely N-dealkylation sites (tertiary alicyclic amines) is 1. The lowest BCUT2D eigenvalue weighted by atomic mass is 9.74. The lowest BCUT2D eigenvalue weighted by Crippen LogP contribution is -2.57. The van der Waals surface area contributed by atoms with Crippen molar-refractivity contribution in [1.82, 2.24) is 19.6 Å². The van der Waals surface area contributed by atoms with Crippen LogP contribution in [0.1, 0.15) is 84.0 Å². The first-order valence-corrected chi connectivity index (χ1v) is 16.0. The predicted octanol–water partition coefficient (Wildman–Crippen LogP) is 3.55. The standard InChI is InChI=1S/C32H49BN4O6/c1-30(2,3)41-29(39)37-13-14-40-20-27(37)25-16-22(33-42-31(4,5)32(6,7)43-33)15-21-11-12-35(19-26(21)25)28(38)36-17-23-9-10-24(18-36)34(23)8/h15-16,23-24,27H,9-14,17-20H2,1-8H3/t23?,24?,27-/m0/s1. The highest BCUT2D eigenvalue weighted by atomic mass is 16.7. The second-order valence-corrected chi connectivity index (χ2v) is 15.0. The number of hydrogen-bond acceptors (Lipinski definition) is 7. The fourth-order valence-electron chi connectivity index (χ4n) is 7.17. The van der Waals surface area contributed by atoms with Gasteiger partial charge in [-0.1, -0.05) is 12.1 Å². The fraction of sp³-hybridized carbons (Fsp3) is 0.750. The number of urea groups is 1. The molecule has 5 aliphatic heterocycles. The van der Waals surface area contributed by atoms with Crippen LogP contribution in [0.15, 0.2) is 12.1 Å². The second kappa shape index (κ2) is 10.9. The van der Waals surface area contributed by atoms with Gasteiger partial charge >= 0.3 is 19.2 Å². The third-order valence-electron chi connectivity index (χ3n) is 10.4. The Morgan fingerprint density at radius 3 is 2.26 bits per heavy atom. The number of benzene rings is 1. The summed E-state index contributed by atoms with van der Waals surface area (Å²) >= 11 is 0. The van der Waals surface area contributed by atoms with Crippen molar-refractivity contribution >= 4 is 24.7 Å². The van der Waals surface area contributed by atoms with Crippen molar-refractivity contribution in [2.75, 3.05) is 46.4 Å². The largest absolute Gasteiger partial charge is 0.494 e. The van der Waals surface area contributed by atoms with Gasteiger partial charge in [0.15, 0.2) is 0 Å². The van der Waals surface area contributed by atoms with Gasteiger partial charge in [0.05, 0.1) is 30.5 Å². The van der Waals surface area contributed by atoms with E-state index in [0.717, 1.165) is 48.9 Å². The van der Waals surface area contributed by atoms with Gasteiger partial charge in [-0.3, -0.25) is 9.80 Å². The Balaban J connectivity index is 1.34. The number of ether oxygens (including phenoxy) is 2. The molecular formula is C32H49BN4O6. The van der Waals surface area contributed by atoms with Crippen LogP contribution in [-0.4, -0.2) is 114 Å². The molecule has 0 spiro atoms. The SMILES string of the molecule is CN1C2CCC1CN(C(=O)N1CCc3cc(B4OC(C)(C)C(C)(C)O4)cc([C@@H]4COCCN4C(=O)OC(C)(C)C)c3C1)C2. The van der Waals surface area contributed by atoms with Crippen LogP contribution in [-0.2, 0) is 31.7 Å². The van der Waals surface area contributed by atoms with Gasteiger partial charge in [0, 0.05) is 44.8 Å². The molecule has 0 radical (unpaired) electrons. The Hall–Kier alpha value is -2.34. The molecule has 4 saturated heterocycles. The lowest BCUT2D eigenvalue weighted by molar-refractivity contribution is -0.0334. The normalized spacial score (nSPS) is 28.7. The molecule has 43 heavy (non-hydrogen) atoms. The van der Waals surface area contributed by atoms with Gasteiger partial charge in [-0.15, -0.1) is 0 Å². The van der Waals surface area contributed by atoms with Crippen molar-refractivity contribution in [3.05, 3.63) is 28.8 Å². The topological polar surface area (TPSA) is 84.0 Å². The molecule has 3 atom stereocenters. The number of hydrogen-bond donors (Lipinski definition) is 0. The molecule has 6 rings (SSSR count). The van der Waals surface area contributed by atoms with Crippen LogP contribution in [0.4, 0.5) is 9.59 Å². The third kappa shape index (κ3) is 5.78. The van der Waals surface area contributed by atoms with Crippen LogP contribution >= 0.6 is 0 Å². The van der Waals surface area contributed by atoms with Gasteiger partial charge in [0.1, 0.15) is 5.60 Å². The quantitative estimate of drug-likeness (QED) is 0.483. The lowest BCUT2D eigenvalue weighted by Gasteiger charge is -2.43. The molecule has 236 valence electrons. The van der Waals surface area contributed by atoms with E-state index in [2.05, 4.69) is 56.7 Å². The van der Waals surface area contributed by atoms with E-state index in [1.165, 1.54) is 5.56 Å². The Morgan fingerprint density at radius 2 is 1.63 bits per heavy atom. The number of carbonyl (C=O) groups excluding carboxylic acids is 2. The Bertz CT molecular complexity index is 1230. The molecule has 0 aliphatic carbocycles. The van der Waals surface area contributed by atoms with Gasteiger partial charge in [-0.05, 0) is 96.9 Å². The minimum Gasteiger partial charge on any atom is -0.444 e. The van der Waals surface area contributed by atoms with Crippen LogP contribution in [0, 0.1) is 0 Å². The number of rotatable bonds is 2. The van der Waals surface area contributed by atoms with Gasteiger partial charge < -0.3 is 28.6 Å². The van der Waals surface area contributed by atoms with E-state index in [1.807, 2.05) is 25.7 Å². The average Bonchev–Trinajstić information content (AvgIpc) is 3.26. The van der Waals surface area contributed by atoms with E-state index in [1.54, 1.807) is 4.90 Å². The minimum atomic E-state index is -0.616. The number of morpholine rings is 1. The van der Waals surface area contributed by atoms with Crippen molar-refractivity contribution in [3.63, 3.8) is 0 Å². The molecule has 10 nitrogen and oxygen atoms in total. The van der Waals surface area contributed by atoms with Gasteiger partial charge in [-0.25, -0.2) is 9.59 Å². The highest BCUT2D eigenvalue weighted by molar-refractivity contribution is 6.62. The van der Waals surface area contributed by atoms with Crippen LogP contribution in [0.25, 0.3) is 0 Å². The average molecular weight is 597 g/mol. The Morgan fingerprint density at radius 1 is 0.977 bits per heavy atom. The summed E-state index contributed by atoms with van der Waals surface area (Å²) in [5.74, 6) is 0. The molecule has 2 bridgehead atoms. The zero-order valence-electron chi connectivity index (χ0n) is 27.3. The van der Waals surface area contributed by atoms with Crippen LogP contribution in [0.3, 0.4) is 0 Å². The molecule has 2 unspecified atom stereocenters. The van der Waals surface area contributed by atoms with E-state index in [-0.39, 0.29) is 18.2 Å². The van der Waals surface area contributed by atoms with Crippen molar-refractivity contribution < 1.29 is 28.4 Å². The Kier molecular flexibility index (Phi) is 7.80. The van der Waals surface area contributed by atoms with Crippen LogP contribution in [0.5, 0.6) is 0 Å². The Labute approximate surface area is 257 Å². The third-order valence-corrected chi connectivity index (χ3v) is 10.4. The van der Waals surface area contributed by atoms with Crippen molar-refractivity contribution in [3.8, 4) is 0 Å². The molecule has 11 heteroatoms. The number of piperazine rings is 1. The molecule has 0 N–H and O–H groups in total. The summed E-state index contributed by atoms with van der Waals surface area (Å²) in [4.78, 5) is 35.7. The first-order chi connectivity index (χ1) is 20.1. The molecule has 4 fully saturated rings. The van der Waals surface area contributed by atoms with E-state index >= 15 is 0 Å². The van der Waals surface area contributed by atoms with Gasteiger partial charge in [0.2, 0.25) is 0 Å². The number of amides is 3. The van der Waals surface area contributed by atoms with E-state index in [9.17, 15) is 9.59 Å². The highest BCUT2D eigenvalue weighted by Crippen LogP contribution is 2.38. The molecule has 5 heterocycles. The van der Waals surface area contributed by atoms with Crippen molar-refractivity contribution in [2.45, 2.75) is 109 Å². The van der Waals surface area contributed by atoms with Crippen molar-refractivity contribution in [2.24, 2.45) is 0 Å². The molecule has 1 aromatic carbocycles. The first kappa shape index (κ1) is 30.7. The monoisotopic (exact) mass is 596 g/mol. The second-order valence-electron chi connectivity index (χ2n) is 15.0. The first-order valence-electron chi connectivity index (χ1n) is 16.0. The maximum Gasteiger partial charge on any atom is 0.494 e. The summed E-state index contributed by atoms with van der Waals surface area (Å²) in [5.41, 5.74) is 2.58. The molecule has 3 amide bonds. The molecular weight excluding hydrogens is 547 g/mol. The zero-order valence-corrected chi connectivity index (χ0v) is 27.3. The number of nitrogens with zero attached hydrogens (tertiary/aromatic N) is 4. The van der Waals surface area contributed by atoms with Crippen LogP contribution in [0.2, 0.25) is 0 Å². The maximum atomic E-state index is 13.9. The summed E-state index contributed by atoms with van der Waals surface area (Å²) in [5, 5.41) is 0. The van der Waals surface area contributed by atoms with Crippen LogP contribution < -0.4 is 5.46 Å². The van der Waals surface area contributed by atoms with Crippen molar-refractivity contribution in [1.29, 1.82) is 0 Å². The molecule has 0 saturated carbocycles. The summed E-state index contributed by atoms with van der Waals surface area (Å²) < 4.78 is 24.7. The summed E-state index contributed by atoms with van der Waals surface area (Å²) in [6.07, 6.45) is 2.68. The molecule has 1 aromatic rings. The highest BCUT2D eigenvalue weighted by Gasteiger charge is 2.52. The number of likely N-dealkylation sites (N-methyl/N-ethyl adjacent to an activating group) is 1. The maximum absolute atomic E-state index is 13.9.